The van der Waals surface area contributed by atoms with Crippen molar-refractivity contribution in [2.75, 3.05) is 0 Å². The Kier molecular flexibility index (Phi) is 3.11. The van der Waals surface area contributed by atoms with Gasteiger partial charge in [-0.3, -0.25) is 4.79 Å². The Bertz CT molecular complexity index is 701. The van der Waals surface area contributed by atoms with E-state index >= 15 is 0 Å². The molecule has 0 N–H and O–H groups in total. The normalized spacial score (nSPS) is 10.7. The number of rotatable bonds is 4. The van der Waals surface area contributed by atoms with Crippen LogP contribution in [0.1, 0.15) is 16.8 Å². The second kappa shape index (κ2) is 5.06. The molecule has 0 aliphatic heterocycles. The number of carbonyl (C=O) groups is 1. The third kappa shape index (κ3) is 2.40. The maximum atomic E-state index is 12.0. The molecule has 3 heteroatoms. The van der Waals surface area contributed by atoms with E-state index in [0.717, 1.165) is 16.6 Å². The van der Waals surface area contributed by atoms with Gasteiger partial charge in [-0.05, 0) is 12.1 Å². The fraction of sp³-hybridized carbons (Fsp3) is 0.125. The van der Waals surface area contributed by atoms with Crippen molar-refractivity contribution in [2.24, 2.45) is 0 Å². The summed E-state index contributed by atoms with van der Waals surface area (Å²) in [5.41, 5.74) is 2.81. The number of nitrogens with zero attached hydrogens (tertiary/aromatic N) is 2. The first-order chi connectivity index (χ1) is 9.34. The summed E-state index contributed by atoms with van der Waals surface area (Å²) in [4.78, 5) is 16.4. The Morgan fingerprint density at radius 3 is 2.58 bits per heavy atom. The van der Waals surface area contributed by atoms with Gasteiger partial charge in [0, 0.05) is 18.5 Å². The summed E-state index contributed by atoms with van der Waals surface area (Å²) < 4.78 is 2.02. The van der Waals surface area contributed by atoms with Crippen LogP contribution < -0.4 is 0 Å². The van der Waals surface area contributed by atoms with Crippen LogP contribution in [-0.4, -0.2) is 15.3 Å². The lowest BCUT2D eigenvalue weighted by Gasteiger charge is -2.04. The van der Waals surface area contributed by atoms with Crippen LogP contribution in [-0.2, 0) is 6.54 Å². The minimum absolute atomic E-state index is 0.165. The summed E-state index contributed by atoms with van der Waals surface area (Å²) in [5.74, 6) is 0.165. The molecule has 2 aromatic carbocycles. The number of hydrogen-bond donors (Lipinski definition) is 0. The largest absolute Gasteiger partial charge is 0.330 e. The SMILES string of the molecule is O=C(CCn1cnc2ccccc21)c1ccccc1. The van der Waals surface area contributed by atoms with Crippen molar-refractivity contribution in [2.45, 2.75) is 13.0 Å². The van der Waals surface area contributed by atoms with Crippen LogP contribution in [0.5, 0.6) is 0 Å². The highest BCUT2D eigenvalue weighted by Gasteiger charge is 2.07. The number of para-hydroxylation sites is 2. The number of Topliss-reactive ketones (excluding diaryl/α,β-unsaturated/α-hetero) is 1. The predicted octanol–water partition coefficient (Wildman–Crippen LogP) is 3.31. The maximum absolute atomic E-state index is 12.0. The van der Waals surface area contributed by atoms with Gasteiger partial charge in [-0.1, -0.05) is 42.5 Å². The number of fused-ring (bicyclic) bond motifs is 1. The molecule has 0 saturated carbocycles. The van der Waals surface area contributed by atoms with Gasteiger partial charge in [-0.2, -0.15) is 0 Å². The van der Waals surface area contributed by atoms with E-state index in [1.807, 2.05) is 59.2 Å². The molecule has 1 heterocycles. The molecular formula is C16H14N2O. The van der Waals surface area contributed by atoms with Gasteiger partial charge in [0.2, 0.25) is 0 Å². The molecule has 3 nitrogen and oxygen atoms in total. The number of hydrogen-bond acceptors (Lipinski definition) is 2. The first-order valence-corrected chi connectivity index (χ1v) is 6.33. The lowest BCUT2D eigenvalue weighted by molar-refractivity contribution is 0.0977. The highest BCUT2D eigenvalue weighted by Crippen LogP contribution is 2.13. The number of benzene rings is 2. The molecule has 0 bridgehead atoms. The van der Waals surface area contributed by atoms with Crippen LogP contribution in [0.4, 0.5) is 0 Å². The summed E-state index contributed by atoms with van der Waals surface area (Å²) in [5, 5.41) is 0. The zero-order valence-corrected chi connectivity index (χ0v) is 10.5. The maximum Gasteiger partial charge on any atom is 0.164 e. The molecule has 0 unspecified atom stereocenters. The summed E-state index contributed by atoms with van der Waals surface area (Å²) in [6.07, 6.45) is 2.29. The molecular weight excluding hydrogens is 236 g/mol. The summed E-state index contributed by atoms with van der Waals surface area (Å²) in [7, 11) is 0. The monoisotopic (exact) mass is 250 g/mol. The zero-order chi connectivity index (χ0) is 13.1. The van der Waals surface area contributed by atoms with E-state index in [4.69, 9.17) is 0 Å². The Morgan fingerprint density at radius 2 is 1.74 bits per heavy atom. The second-order valence-electron chi connectivity index (χ2n) is 4.47. The average Bonchev–Trinajstić information content (AvgIpc) is 2.89. The molecule has 0 amide bonds. The van der Waals surface area contributed by atoms with Crippen molar-refractivity contribution in [3.8, 4) is 0 Å². The highest BCUT2D eigenvalue weighted by atomic mass is 16.1. The predicted molar refractivity (Wildman–Crippen MR) is 75.1 cm³/mol. The van der Waals surface area contributed by atoms with Crippen molar-refractivity contribution in [1.29, 1.82) is 0 Å². The lowest BCUT2D eigenvalue weighted by Crippen LogP contribution is -2.05. The molecule has 0 aliphatic rings. The molecule has 0 fully saturated rings. The van der Waals surface area contributed by atoms with E-state index in [0.29, 0.717) is 13.0 Å². The van der Waals surface area contributed by atoms with Gasteiger partial charge in [0.15, 0.2) is 5.78 Å². The third-order valence-electron chi connectivity index (χ3n) is 3.20. The molecule has 1 aromatic heterocycles. The topological polar surface area (TPSA) is 34.9 Å². The van der Waals surface area contributed by atoms with Crippen molar-refractivity contribution < 1.29 is 4.79 Å². The van der Waals surface area contributed by atoms with Crippen LogP contribution in [0.25, 0.3) is 11.0 Å². The van der Waals surface area contributed by atoms with Gasteiger partial charge >= 0.3 is 0 Å². The first kappa shape index (κ1) is 11.7. The lowest BCUT2D eigenvalue weighted by atomic mass is 10.1. The molecule has 0 spiro atoms. The highest BCUT2D eigenvalue weighted by molar-refractivity contribution is 5.96. The summed E-state index contributed by atoms with van der Waals surface area (Å²) in [6, 6.07) is 17.4. The van der Waals surface area contributed by atoms with E-state index in [1.54, 1.807) is 6.33 Å². The third-order valence-corrected chi connectivity index (χ3v) is 3.20. The molecule has 3 rings (SSSR count). The number of ketones is 1. The Balaban J connectivity index is 1.75. The van der Waals surface area contributed by atoms with Gasteiger partial charge in [-0.15, -0.1) is 0 Å². The molecule has 0 aliphatic carbocycles. The van der Waals surface area contributed by atoms with E-state index in [-0.39, 0.29) is 5.78 Å². The Morgan fingerprint density at radius 1 is 1.00 bits per heavy atom. The smallest absolute Gasteiger partial charge is 0.164 e. The van der Waals surface area contributed by atoms with Crippen molar-refractivity contribution in [1.82, 2.24) is 9.55 Å². The number of imidazole rings is 1. The molecule has 0 atom stereocenters. The standard InChI is InChI=1S/C16H14N2O/c19-16(13-6-2-1-3-7-13)10-11-18-12-17-14-8-4-5-9-15(14)18/h1-9,12H,10-11H2. The van der Waals surface area contributed by atoms with Crippen molar-refractivity contribution >= 4 is 16.8 Å². The average molecular weight is 250 g/mol. The van der Waals surface area contributed by atoms with Gasteiger partial charge < -0.3 is 4.57 Å². The van der Waals surface area contributed by atoms with Crippen LogP contribution in [0.15, 0.2) is 60.9 Å². The van der Waals surface area contributed by atoms with Crippen LogP contribution in [0.2, 0.25) is 0 Å². The summed E-state index contributed by atoms with van der Waals surface area (Å²) >= 11 is 0. The van der Waals surface area contributed by atoms with E-state index in [2.05, 4.69) is 4.98 Å². The molecule has 0 saturated heterocycles. The fourth-order valence-electron chi connectivity index (χ4n) is 2.18. The van der Waals surface area contributed by atoms with Crippen LogP contribution in [0, 0.1) is 0 Å². The number of aryl methyl sites for hydroxylation is 1. The van der Waals surface area contributed by atoms with E-state index in [9.17, 15) is 4.79 Å². The Hall–Kier alpha value is -2.42. The second-order valence-corrected chi connectivity index (χ2v) is 4.47. The molecule has 0 radical (unpaired) electrons. The van der Waals surface area contributed by atoms with Crippen molar-refractivity contribution in [3.63, 3.8) is 0 Å². The minimum atomic E-state index is 0.165. The van der Waals surface area contributed by atoms with Gasteiger partial charge in [-0.25, -0.2) is 4.98 Å². The van der Waals surface area contributed by atoms with Crippen LogP contribution in [0.3, 0.4) is 0 Å². The number of aromatic nitrogens is 2. The molecule has 94 valence electrons. The van der Waals surface area contributed by atoms with Crippen molar-refractivity contribution in [3.05, 3.63) is 66.5 Å². The van der Waals surface area contributed by atoms with Crippen LogP contribution >= 0.6 is 0 Å². The Labute approximate surface area is 111 Å². The number of carbonyl (C=O) groups excluding carboxylic acids is 1. The van der Waals surface area contributed by atoms with Gasteiger partial charge in [0.1, 0.15) is 0 Å². The zero-order valence-electron chi connectivity index (χ0n) is 10.5. The quantitative estimate of drug-likeness (QED) is 0.666. The van der Waals surface area contributed by atoms with Gasteiger partial charge in [0.25, 0.3) is 0 Å². The van der Waals surface area contributed by atoms with Gasteiger partial charge in [0.05, 0.1) is 17.4 Å². The van der Waals surface area contributed by atoms with E-state index in [1.165, 1.54) is 0 Å². The molecule has 19 heavy (non-hydrogen) atoms. The summed E-state index contributed by atoms with van der Waals surface area (Å²) in [6.45, 7) is 0.661. The molecule has 3 aromatic rings. The minimum Gasteiger partial charge on any atom is -0.330 e. The fourth-order valence-corrected chi connectivity index (χ4v) is 2.18. The first-order valence-electron chi connectivity index (χ1n) is 6.33. The van der Waals surface area contributed by atoms with E-state index < -0.39 is 0 Å².